The van der Waals surface area contributed by atoms with Crippen LogP contribution in [0.15, 0.2) is 72.8 Å². The molecule has 1 atom stereocenters. The van der Waals surface area contributed by atoms with E-state index in [1.165, 1.54) is 0 Å². The van der Waals surface area contributed by atoms with Gasteiger partial charge in [0.15, 0.2) is 6.61 Å². The lowest BCUT2D eigenvalue weighted by Crippen LogP contribution is -2.52. The maximum absolute atomic E-state index is 13.9. The van der Waals surface area contributed by atoms with Gasteiger partial charge in [-0.1, -0.05) is 112 Å². The minimum Gasteiger partial charge on any atom is -0.483 e. The van der Waals surface area contributed by atoms with Crippen molar-refractivity contribution in [1.29, 1.82) is 0 Å². The van der Waals surface area contributed by atoms with Crippen LogP contribution in [0.3, 0.4) is 0 Å². The minimum atomic E-state index is -0.787. The van der Waals surface area contributed by atoms with Crippen molar-refractivity contribution < 1.29 is 14.3 Å². The molecule has 39 heavy (non-hydrogen) atoms. The fraction of sp³-hybridized carbons (Fsp3) is 0.375. The van der Waals surface area contributed by atoms with Gasteiger partial charge in [0.05, 0.1) is 0 Å². The van der Waals surface area contributed by atoms with E-state index >= 15 is 0 Å². The van der Waals surface area contributed by atoms with Crippen molar-refractivity contribution in [1.82, 2.24) is 10.2 Å². The van der Waals surface area contributed by atoms with Crippen molar-refractivity contribution in [2.24, 2.45) is 0 Å². The Morgan fingerprint density at radius 1 is 0.923 bits per heavy atom. The van der Waals surface area contributed by atoms with Crippen LogP contribution in [0.1, 0.15) is 57.2 Å². The number of para-hydroxylation sites is 1. The number of amides is 2. The molecule has 0 heterocycles. The quantitative estimate of drug-likeness (QED) is 0.234. The van der Waals surface area contributed by atoms with Crippen molar-refractivity contribution in [2.45, 2.75) is 65.0 Å². The Hall–Kier alpha value is -3.02. The number of benzene rings is 3. The summed E-state index contributed by atoms with van der Waals surface area (Å²) in [4.78, 5) is 29.0. The molecule has 0 aliphatic carbocycles. The molecule has 0 radical (unpaired) electrons. The fourth-order valence-corrected chi connectivity index (χ4v) is 4.87. The fourth-order valence-electron chi connectivity index (χ4n) is 4.35. The van der Waals surface area contributed by atoms with Crippen LogP contribution in [-0.4, -0.2) is 35.9 Å². The monoisotopic (exact) mass is 568 g/mol. The van der Waals surface area contributed by atoms with E-state index in [2.05, 4.69) is 33.0 Å². The van der Waals surface area contributed by atoms with Crippen LogP contribution in [0.4, 0.5) is 0 Å². The van der Waals surface area contributed by atoms with Crippen LogP contribution < -0.4 is 10.1 Å². The van der Waals surface area contributed by atoms with E-state index in [4.69, 9.17) is 27.9 Å². The van der Waals surface area contributed by atoms with Gasteiger partial charge in [-0.3, -0.25) is 9.59 Å². The number of hydrogen-bond donors (Lipinski definition) is 1. The zero-order valence-corrected chi connectivity index (χ0v) is 24.7. The number of unbranched alkanes of at least 4 members (excludes halogenated alkanes) is 1. The third-order valence-electron chi connectivity index (χ3n) is 6.54. The van der Waals surface area contributed by atoms with E-state index in [9.17, 15) is 9.59 Å². The van der Waals surface area contributed by atoms with E-state index in [0.717, 1.165) is 24.0 Å². The van der Waals surface area contributed by atoms with Gasteiger partial charge in [-0.25, -0.2) is 0 Å². The average Bonchev–Trinajstić information content (AvgIpc) is 2.91. The Bertz CT molecular complexity index is 1220. The topological polar surface area (TPSA) is 58.6 Å². The number of nitrogens with one attached hydrogen (secondary N) is 1. The third kappa shape index (κ3) is 8.74. The van der Waals surface area contributed by atoms with Crippen molar-refractivity contribution in [3.05, 3.63) is 99.5 Å². The van der Waals surface area contributed by atoms with Gasteiger partial charge in [0.2, 0.25) is 5.91 Å². The lowest BCUT2D eigenvalue weighted by molar-refractivity contribution is -0.142. The molecule has 0 bridgehead atoms. The zero-order valence-electron chi connectivity index (χ0n) is 23.2. The van der Waals surface area contributed by atoms with Crippen LogP contribution in [0, 0.1) is 0 Å². The van der Waals surface area contributed by atoms with Gasteiger partial charge < -0.3 is 15.0 Å². The van der Waals surface area contributed by atoms with Crippen LogP contribution in [0.5, 0.6) is 5.75 Å². The highest BCUT2D eigenvalue weighted by Gasteiger charge is 2.32. The van der Waals surface area contributed by atoms with E-state index < -0.39 is 6.04 Å². The molecule has 208 valence electrons. The highest BCUT2D eigenvalue weighted by Crippen LogP contribution is 2.31. The summed E-state index contributed by atoms with van der Waals surface area (Å²) < 4.78 is 6.09. The van der Waals surface area contributed by atoms with E-state index in [0.29, 0.717) is 34.3 Å². The van der Waals surface area contributed by atoms with Crippen molar-refractivity contribution >= 4 is 35.0 Å². The number of carbonyl (C=O) groups excluding carboxylic acids is 2. The van der Waals surface area contributed by atoms with Gasteiger partial charge >= 0.3 is 0 Å². The molecule has 0 spiro atoms. The molecule has 0 fully saturated rings. The van der Waals surface area contributed by atoms with Gasteiger partial charge in [0, 0.05) is 35.1 Å². The standard InChI is InChI=1S/C32H38Cl2N2O3/c1-5-6-19-35-31(38)28(20-23-13-8-7-9-14-23)36(21-24-26(33)16-12-17-27(24)34)30(37)22-39-29-18-11-10-15-25(29)32(2,3)4/h7-18,28H,5-6,19-22H2,1-4H3,(H,35,38)/t28-/m0/s1. The third-order valence-corrected chi connectivity index (χ3v) is 7.25. The smallest absolute Gasteiger partial charge is 0.261 e. The van der Waals surface area contributed by atoms with Crippen LogP contribution in [-0.2, 0) is 28.0 Å². The van der Waals surface area contributed by atoms with Gasteiger partial charge in [0.1, 0.15) is 11.8 Å². The zero-order chi connectivity index (χ0) is 28.4. The Morgan fingerprint density at radius 2 is 1.56 bits per heavy atom. The molecule has 0 saturated heterocycles. The van der Waals surface area contributed by atoms with Crippen LogP contribution >= 0.6 is 23.2 Å². The summed E-state index contributed by atoms with van der Waals surface area (Å²) in [5.41, 5.74) is 2.36. The predicted octanol–water partition coefficient (Wildman–Crippen LogP) is 7.23. The minimum absolute atomic E-state index is 0.0698. The lowest BCUT2D eigenvalue weighted by Gasteiger charge is -2.32. The molecule has 3 aromatic rings. The predicted molar refractivity (Wildman–Crippen MR) is 160 cm³/mol. The van der Waals surface area contributed by atoms with E-state index in [1.807, 2.05) is 54.6 Å². The molecule has 0 aromatic heterocycles. The van der Waals surface area contributed by atoms with Crippen molar-refractivity contribution in [3.63, 3.8) is 0 Å². The van der Waals surface area contributed by atoms with E-state index in [1.54, 1.807) is 23.1 Å². The molecule has 3 aromatic carbocycles. The number of halogens is 2. The Kier molecular flexibility index (Phi) is 11.3. The summed E-state index contributed by atoms with van der Waals surface area (Å²) in [6.45, 7) is 8.72. The molecule has 5 nitrogen and oxygen atoms in total. The number of nitrogens with zero attached hydrogens (tertiary/aromatic N) is 1. The molecule has 2 amide bonds. The molecule has 0 unspecified atom stereocenters. The number of ether oxygens (including phenoxy) is 1. The first-order chi connectivity index (χ1) is 18.6. The molecule has 7 heteroatoms. The highest BCUT2D eigenvalue weighted by molar-refractivity contribution is 6.36. The molecular formula is C32H38Cl2N2O3. The summed E-state index contributed by atoms with van der Waals surface area (Å²) in [5.74, 6) is 0.0845. The normalized spacial score (nSPS) is 12.1. The van der Waals surface area contributed by atoms with Crippen molar-refractivity contribution in [2.75, 3.05) is 13.2 Å². The second-order valence-corrected chi connectivity index (χ2v) is 11.4. The largest absolute Gasteiger partial charge is 0.483 e. The molecule has 0 aliphatic heterocycles. The Morgan fingerprint density at radius 3 is 2.21 bits per heavy atom. The number of hydrogen-bond acceptors (Lipinski definition) is 3. The summed E-state index contributed by atoms with van der Waals surface area (Å²) in [6, 6.07) is 21.8. The van der Waals surface area contributed by atoms with E-state index in [-0.39, 0.29) is 30.4 Å². The summed E-state index contributed by atoms with van der Waals surface area (Å²) in [6.07, 6.45) is 2.13. The SMILES string of the molecule is CCCCNC(=O)[C@H](Cc1ccccc1)N(Cc1c(Cl)cccc1Cl)C(=O)COc1ccccc1C(C)(C)C. The lowest BCUT2D eigenvalue weighted by atomic mass is 9.86. The van der Waals surface area contributed by atoms with Gasteiger partial charge in [0.25, 0.3) is 5.91 Å². The number of carbonyl (C=O) groups is 2. The molecule has 3 rings (SSSR count). The Labute approximate surface area is 242 Å². The average molecular weight is 570 g/mol. The van der Waals surface area contributed by atoms with Crippen LogP contribution in [0.25, 0.3) is 0 Å². The maximum Gasteiger partial charge on any atom is 0.261 e. The molecule has 1 N–H and O–H groups in total. The van der Waals surface area contributed by atoms with Gasteiger partial charge in [-0.2, -0.15) is 0 Å². The van der Waals surface area contributed by atoms with Crippen molar-refractivity contribution in [3.8, 4) is 5.75 Å². The molecule has 0 saturated carbocycles. The van der Waals surface area contributed by atoms with Gasteiger partial charge in [-0.15, -0.1) is 0 Å². The van der Waals surface area contributed by atoms with Gasteiger partial charge in [-0.05, 0) is 41.2 Å². The second kappa shape index (κ2) is 14.4. The summed E-state index contributed by atoms with van der Waals surface area (Å²) >= 11 is 13.0. The first kappa shape index (κ1) is 30.5. The summed E-state index contributed by atoms with van der Waals surface area (Å²) in [5, 5.41) is 3.89. The second-order valence-electron chi connectivity index (χ2n) is 10.6. The Balaban J connectivity index is 1.97. The highest BCUT2D eigenvalue weighted by atomic mass is 35.5. The molecule has 0 aliphatic rings. The number of rotatable bonds is 12. The maximum atomic E-state index is 13.9. The molecular weight excluding hydrogens is 531 g/mol. The first-order valence-corrected chi connectivity index (χ1v) is 14.1. The first-order valence-electron chi connectivity index (χ1n) is 13.4. The van der Waals surface area contributed by atoms with Crippen LogP contribution in [0.2, 0.25) is 10.0 Å². The summed E-state index contributed by atoms with van der Waals surface area (Å²) in [7, 11) is 0.